The van der Waals surface area contributed by atoms with E-state index in [0.717, 1.165) is 45.2 Å². The van der Waals surface area contributed by atoms with Crippen molar-refractivity contribution in [3.8, 4) is 5.75 Å². The normalized spacial score (nSPS) is 19.9. The quantitative estimate of drug-likeness (QED) is 0.719. The summed E-state index contributed by atoms with van der Waals surface area (Å²) < 4.78 is 23.0. The van der Waals surface area contributed by atoms with Gasteiger partial charge in [0.1, 0.15) is 5.69 Å². The van der Waals surface area contributed by atoms with Gasteiger partial charge in [-0.1, -0.05) is 13.3 Å². The Morgan fingerprint density at radius 3 is 2.68 bits per heavy atom. The van der Waals surface area contributed by atoms with Crippen LogP contribution in [-0.4, -0.2) is 30.5 Å². The van der Waals surface area contributed by atoms with Crippen LogP contribution in [0.2, 0.25) is 0 Å². The summed E-state index contributed by atoms with van der Waals surface area (Å²) in [5.41, 5.74) is 0.735. The summed E-state index contributed by atoms with van der Waals surface area (Å²) in [7, 11) is 1.53. The number of methoxy groups -OCH3 is 1. The number of aromatic nitrogens is 1. The number of ether oxygens (including phenoxy) is 1. The van der Waals surface area contributed by atoms with Gasteiger partial charge in [0.25, 0.3) is 0 Å². The molecule has 1 saturated carbocycles. The second-order valence-electron chi connectivity index (χ2n) is 8.07. The van der Waals surface area contributed by atoms with E-state index < -0.39 is 11.2 Å². The van der Waals surface area contributed by atoms with Crippen LogP contribution < -0.4 is 15.1 Å². The average Bonchev–Trinajstić information content (AvgIpc) is 3.52. The first-order chi connectivity index (χ1) is 13.5. The van der Waals surface area contributed by atoms with Gasteiger partial charge in [-0.05, 0) is 44.6 Å². The van der Waals surface area contributed by atoms with Crippen LogP contribution in [0, 0.1) is 11.7 Å². The molecule has 1 atom stereocenters. The lowest BCUT2D eigenvalue weighted by atomic mass is 9.95. The highest BCUT2D eigenvalue weighted by Gasteiger charge is 2.31. The summed E-state index contributed by atoms with van der Waals surface area (Å²) >= 11 is 0. The van der Waals surface area contributed by atoms with Crippen LogP contribution in [0.25, 0.3) is 10.9 Å². The average molecular weight is 386 g/mol. The van der Waals surface area contributed by atoms with Crippen LogP contribution in [0.15, 0.2) is 17.1 Å². The molecule has 4 rings (SSSR count). The Balaban J connectivity index is 1.99. The molecule has 2 heterocycles. The molecule has 0 amide bonds. The largest absolute Gasteiger partial charge is 0.492 e. The molecule has 2 aromatic rings. The third-order valence-corrected chi connectivity index (χ3v) is 6.13. The van der Waals surface area contributed by atoms with E-state index in [-0.39, 0.29) is 22.8 Å². The Morgan fingerprint density at radius 2 is 2.07 bits per heavy atom. The molecule has 0 bridgehead atoms. The molecule has 1 aliphatic carbocycles. The minimum absolute atomic E-state index is 0.109. The van der Waals surface area contributed by atoms with Crippen molar-refractivity contribution in [2.24, 2.45) is 5.92 Å². The monoisotopic (exact) mass is 386 g/mol. The van der Waals surface area contributed by atoms with Gasteiger partial charge < -0.3 is 14.2 Å². The second-order valence-corrected chi connectivity index (χ2v) is 8.07. The number of benzene rings is 1. The number of nitrogens with zero attached hydrogens (tertiary/aromatic N) is 2. The number of carbonyl (C=O) groups is 1. The number of fused-ring (bicyclic) bond motifs is 1. The predicted molar refractivity (Wildman–Crippen MR) is 108 cm³/mol. The van der Waals surface area contributed by atoms with Gasteiger partial charge in [0, 0.05) is 25.3 Å². The number of anilines is 1. The third-order valence-electron chi connectivity index (χ3n) is 6.13. The summed E-state index contributed by atoms with van der Waals surface area (Å²) in [5, 5.41) is 0.224. The molecule has 5 nitrogen and oxygen atoms in total. The molecule has 1 saturated heterocycles. The maximum Gasteiger partial charge on any atom is 0.200 e. The number of rotatable bonds is 5. The van der Waals surface area contributed by atoms with E-state index in [4.69, 9.17) is 4.74 Å². The van der Waals surface area contributed by atoms with E-state index in [9.17, 15) is 9.59 Å². The van der Waals surface area contributed by atoms with Crippen molar-refractivity contribution in [1.82, 2.24) is 4.57 Å². The smallest absolute Gasteiger partial charge is 0.200 e. The highest BCUT2D eigenvalue weighted by Crippen LogP contribution is 2.44. The summed E-state index contributed by atoms with van der Waals surface area (Å²) in [4.78, 5) is 26.9. The maximum absolute atomic E-state index is 15.3. The van der Waals surface area contributed by atoms with Crippen molar-refractivity contribution in [3.05, 3.63) is 33.9 Å². The first-order valence-electron chi connectivity index (χ1n) is 10.2. The fourth-order valence-corrected chi connectivity index (χ4v) is 4.42. The molecule has 2 fully saturated rings. The predicted octanol–water partition coefficient (Wildman–Crippen LogP) is 4.31. The number of carbonyl (C=O) groups excluding carboxylic acids is 1. The first kappa shape index (κ1) is 19.0. The fourth-order valence-electron chi connectivity index (χ4n) is 4.42. The minimum atomic E-state index is -0.457. The van der Waals surface area contributed by atoms with E-state index in [1.807, 2.05) is 4.57 Å². The van der Waals surface area contributed by atoms with Crippen molar-refractivity contribution in [1.29, 1.82) is 0 Å². The molecule has 1 aliphatic heterocycles. The number of piperidine rings is 1. The highest BCUT2D eigenvalue weighted by molar-refractivity contribution is 5.99. The van der Waals surface area contributed by atoms with Gasteiger partial charge >= 0.3 is 0 Å². The Hall–Kier alpha value is -2.37. The zero-order valence-corrected chi connectivity index (χ0v) is 16.8. The molecule has 0 N–H and O–H groups in total. The molecule has 150 valence electrons. The lowest BCUT2D eigenvalue weighted by Gasteiger charge is -2.35. The van der Waals surface area contributed by atoms with Gasteiger partial charge in [0.2, 0.25) is 0 Å². The van der Waals surface area contributed by atoms with E-state index in [0.29, 0.717) is 22.9 Å². The van der Waals surface area contributed by atoms with Crippen molar-refractivity contribution in [2.75, 3.05) is 25.1 Å². The van der Waals surface area contributed by atoms with Crippen molar-refractivity contribution < 1.29 is 13.9 Å². The fraction of sp³-hybridized carbons (Fsp3) is 0.545. The van der Waals surface area contributed by atoms with Crippen LogP contribution in [-0.2, 0) is 0 Å². The van der Waals surface area contributed by atoms with Crippen LogP contribution in [0.3, 0.4) is 0 Å². The molecule has 0 spiro atoms. The molecule has 1 aromatic carbocycles. The van der Waals surface area contributed by atoms with Gasteiger partial charge in [-0.2, -0.15) is 0 Å². The number of Topliss-reactive ketones (excluding diaryl/α,β-unsaturated/α-hetero) is 1. The van der Waals surface area contributed by atoms with Crippen molar-refractivity contribution >= 4 is 22.4 Å². The van der Waals surface area contributed by atoms with E-state index in [2.05, 4.69) is 11.8 Å². The van der Waals surface area contributed by atoms with Crippen molar-refractivity contribution in [3.63, 3.8) is 0 Å². The number of hydrogen-bond acceptors (Lipinski definition) is 4. The van der Waals surface area contributed by atoms with Crippen LogP contribution in [0.4, 0.5) is 10.1 Å². The maximum atomic E-state index is 15.3. The van der Waals surface area contributed by atoms with Gasteiger partial charge in [-0.25, -0.2) is 4.39 Å². The molecule has 2 aliphatic rings. The van der Waals surface area contributed by atoms with Gasteiger partial charge in [0.05, 0.1) is 23.6 Å². The Labute approximate surface area is 164 Å². The first-order valence-corrected chi connectivity index (χ1v) is 10.2. The number of pyridine rings is 1. The zero-order chi connectivity index (χ0) is 20.0. The molecule has 1 unspecified atom stereocenters. The standard InChI is InChI=1S/C22H27FN2O3/c1-4-14-6-5-9-24(11-14)20-18(23)10-16-19(22(20)28-3)25(15-7-8-15)12-17(13(2)26)21(16)27/h10,12,14-15H,4-9,11H2,1-3H3. The Bertz CT molecular complexity index is 994. The SMILES string of the molecule is CCC1CCCN(c2c(F)cc3c(=O)c(C(C)=O)cn(C4CC4)c3c2OC)C1. The van der Waals surface area contributed by atoms with Crippen molar-refractivity contribution in [2.45, 2.75) is 52.0 Å². The summed E-state index contributed by atoms with van der Waals surface area (Å²) in [5.74, 6) is 0.179. The Morgan fingerprint density at radius 1 is 1.32 bits per heavy atom. The van der Waals surface area contributed by atoms with Crippen LogP contribution in [0.1, 0.15) is 62.4 Å². The van der Waals surface area contributed by atoms with Crippen LogP contribution in [0.5, 0.6) is 5.75 Å². The minimum Gasteiger partial charge on any atom is -0.492 e. The Kier molecular flexibility index (Phi) is 4.89. The lowest BCUT2D eigenvalue weighted by Crippen LogP contribution is -2.36. The lowest BCUT2D eigenvalue weighted by molar-refractivity contribution is 0.101. The molecular weight excluding hydrogens is 359 g/mol. The zero-order valence-electron chi connectivity index (χ0n) is 16.8. The summed E-state index contributed by atoms with van der Waals surface area (Å²) in [6, 6.07) is 1.52. The summed E-state index contributed by atoms with van der Waals surface area (Å²) in [6.45, 7) is 5.10. The molecule has 0 radical (unpaired) electrons. The van der Waals surface area contributed by atoms with E-state index in [1.165, 1.54) is 20.1 Å². The number of halogens is 1. The van der Waals surface area contributed by atoms with Gasteiger partial charge in [-0.3, -0.25) is 9.59 Å². The molecule has 6 heteroatoms. The number of ketones is 1. The summed E-state index contributed by atoms with van der Waals surface area (Å²) in [6.07, 6.45) is 6.82. The van der Waals surface area contributed by atoms with E-state index in [1.54, 1.807) is 6.20 Å². The molecule has 1 aromatic heterocycles. The third kappa shape index (κ3) is 3.09. The second kappa shape index (κ2) is 7.22. The van der Waals surface area contributed by atoms with Crippen LogP contribution >= 0.6 is 0 Å². The van der Waals surface area contributed by atoms with Gasteiger partial charge in [0.15, 0.2) is 22.8 Å². The number of hydrogen-bond donors (Lipinski definition) is 0. The van der Waals surface area contributed by atoms with Gasteiger partial charge in [-0.15, -0.1) is 0 Å². The highest BCUT2D eigenvalue weighted by atomic mass is 19.1. The van der Waals surface area contributed by atoms with E-state index >= 15 is 4.39 Å². The molecule has 28 heavy (non-hydrogen) atoms. The molecular formula is C22H27FN2O3. The topological polar surface area (TPSA) is 51.5 Å².